The van der Waals surface area contributed by atoms with E-state index in [4.69, 9.17) is 11.0 Å². The summed E-state index contributed by atoms with van der Waals surface area (Å²) in [5.41, 5.74) is 6.79. The van der Waals surface area contributed by atoms with Gasteiger partial charge in [0.2, 0.25) is 5.95 Å². The predicted molar refractivity (Wildman–Crippen MR) is 75.5 cm³/mol. The van der Waals surface area contributed by atoms with Crippen LogP contribution < -0.4 is 5.73 Å². The van der Waals surface area contributed by atoms with Gasteiger partial charge in [0.15, 0.2) is 5.16 Å². The van der Waals surface area contributed by atoms with E-state index in [9.17, 15) is 4.39 Å². The second-order valence-corrected chi connectivity index (χ2v) is 5.50. The standard InChI is InChI=1S/C13H14FN5S/c1-8(2)19-12(16)17-18-13(19)20-7-10-3-9(6-15)4-11(14)5-10/h3-5,8H,7H2,1-2H3,(H2,16,17). The second kappa shape index (κ2) is 5.92. The molecule has 0 saturated heterocycles. The first-order chi connectivity index (χ1) is 9.51. The van der Waals surface area contributed by atoms with E-state index in [-0.39, 0.29) is 6.04 Å². The largest absolute Gasteiger partial charge is 0.368 e. The van der Waals surface area contributed by atoms with Crippen LogP contribution in [0.2, 0.25) is 0 Å². The van der Waals surface area contributed by atoms with E-state index in [1.807, 2.05) is 24.5 Å². The Kier molecular flexibility index (Phi) is 4.25. The Morgan fingerprint density at radius 2 is 2.15 bits per heavy atom. The molecule has 0 aliphatic heterocycles. The second-order valence-electron chi connectivity index (χ2n) is 4.55. The zero-order valence-electron chi connectivity index (χ0n) is 11.2. The molecule has 0 amide bonds. The van der Waals surface area contributed by atoms with E-state index in [0.717, 1.165) is 5.56 Å². The summed E-state index contributed by atoms with van der Waals surface area (Å²) >= 11 is 1.41. The van der Waals surface area contributed by atoms with Crippen LogP contribution in [0.25, 0.3) is 0 Å². The third-order valence-corrected chi connectivity index (χ3v) is 3.68. The molecule has 2 rings (SSSR count). The highest BCUT2D eigenvalue weighted by molar-refractivity contribution is 7.98. The Morgan fingerprint density at radius 3 is 2.80 bits per heavy atom. The van der Waals surface area contributed by atoms with Gasteiger partial charge in [-0.25, -0.2) is 4.39 Å². The zero-order chi connectivity index (χ0) is 14.7. The van der Waals surface area contributed by atoms with Crippen molar-refractivity contribution in [3.63, 3.8) is 0 Å². The lowest BCUT2D eigenvalue weighted by Crippen LogP contribution is -2.07. The van der Waals surface area contributed by atoms with Crippen molar-refractivity contribution in [1.29, 1.82) is 5.26 Å². The van der Waals surface area contributed by atoms with Crippen molar-refractivity contribution < 1.29 is 4.39 Å². The number of benzene rings is 1. The Morgan fingerprint density at radius 1 is 1.40 bits per heavy atom. The van der Waals surface area contributed by atoms with Gasteiger partial charge in [-0.2, -0.15) is 5.26 Å². The first kappa shape index (κ1) is 14.3. The van der Waals surface area contributed by atoms with Crippen LogP contribution in [-0.2, 0) is 5.75 Å². The average Bonchev–Trinajstić information content (AvgIpc) is 2.77. The Labute approximate surface area is 120 Å². The summed E-state index contributed by atoms with van der Waals surface area (Å²) in [6.07, 6.45) is 0. The molecule has 5 nitrogen and oxygen atoms in total. The minimum atomic E-state index is -0.413. The molecule has 7 heteroatoms. The van der Waals surface area contributed by atoms with E-state index in [2.05, 4.69) is 10.2 Å². The molecule has 2 aromatic rings. The molecule has 20 heavy (non-hydrogen) atoms. The molecule has 104 valence electrons. The van der Waals surface area contributed by atoms with Crippen LogP contribution >= 0.6 is 11.8 Å². The Balaban J connectivity index is 2.17. The van der Waals surface area contributed by atoms with Gasteiger partial charge in [-0.15, -0.1) is 10.2 Å². The summed E-state index contributed by atoms with van der Waals surface area (Å²) in [6, 6.07) is 6.37. The molecule has 0 fully saturated rings. The van der Waals surface area contributed by atoms with E-state index in [1.165, 1.54) is 23.9 Å². The predicted octanol–water partition coefficient (Wildman–Crippen LogP) is 2.74. The van der Waals surface area contributed by atoms with Crippen molar-refractivity contribution in [2.75, 3.05) is 5.73 Å². The third-order valence-electron chi connectivity index (χ3n) is 2.66. The van der Waals surface area contributed by atoms with Gasteiger partial charge in [-0.1, -0.05) is 11.8 Å². The molecule has 1 aromatic carbocycles. The summed E-state index contributed by atoms with van der Waals surface area (Å²) < 4.78 is 15.2. The lowest BCUT2D eigenvalue weighted by molar-refractivity contribution is 0.557. The highest BCUT2D eigenvalue weighted by Gasteiger charge is 2.13. The SMILES string of the molecule is CC(C)n1c(N)nnc1SCc1cc(F)cc(C#N)c1. The molecule has 1 heterocycles. The van der Waals surface area contributed by atoms with Crippen molar-refractivity contribution in [3.05, 3.63) is 35.1 Å². The van der Waals surface area contributed by atoms with Gasteiger partial charge in [0.25, 0.3) is 0 Å². The number of nitriles is 1. The van der Waals surface area contributed by atoms with Crippen LogP contribution in [0.15, 0.2) is 23.4 Å². The average molecular weight is 291 g/mol. The highest BCUT2D eigenvalue weighted by atomic mass is 32.2. The summed E-state index contributed by atoms with van der Waals surface area (Å²) in [5, 5.41) is 17.4. The van der Waals surface area contributed by atoms with Gasteiger partial charge in [-0.3, -0.25) is 4.57 Å². The fourth-order valence-electron chi connectivity index (χ4n) is 1.82. The van der Waals surface area contributed by atoms with Gasteiger partial charge >= 0.3 is 0 Å². The molecule has 0 atom stereocenters. The Hall–Kier alpha value is -2.07. The molecule has 0 spiro atoms. The lowest BCUT2D eigenvalue weighted by atomic mass is 10.1. The molecule has 0 aliphatic rings. The minimum Gasteiger partial charge on any atom is -0.368 e. The zero-order valence-corrected chi connectivity index (χ0v) is 12.0. The molecule has 1 aromatic heterocycles. The number of nitrogens with zero attached hydrogens (tertiary/aromatic N) is 4. The van der Waals surface area contributed by atoms with Crippen molar-refractivity contribution >= 4 is 17.7 Å². The maximum absolute atomic E-state index is 13.3. The van der Waals surface area contributed by atoms with Crippen molar-refractivity contribution in [1.82, 2.24) is 14.8 Å². The van der Waals surface area contributed by atoms with Gasteiger partial charge < -0.3 is 5.73 Å². The van der Waals surface area contributed by atoms with Gasteiger partial charge in [0.1, 0.15) is 5.82 Å². The van der Waals surface area contributed by atoms with Crippen LogP contribution in [0.4, 0.5) is 10.3 Å². The number of rotatable bonds is 4. The summed E-state index contributed by atoms with van der Waals surface area (Å²) in [7, 11) is 0. The van der Waals surface area contributed by atoms with Gasteiger partial charge in [0, 0.05) is 11.8 Å². The number of thioether (sulfide) groups is 1. The number of nitrogens with two attached hydrogens (primary N) is 1. The topological polar surface area (TPSA) is 80.5 Å². The van der Waals surface area contributed by atoms with E-state index in [1.54, 1.807) is 6.07 Å². The van der Waals surface area contributed by atoms with Gasteiger partial charge in [-0.05, 0) is 37.6 Å². The molecular formula is C13H14FN5S. The third kappa shape index (κ3) is 3.08. The van der Waals surface area contributed by atoms with Crippen LogP contribution in [0.1, 0.15) is 31.0 Å². The minimum absolute atomic E-state index is 0.148. The quantitative estimate of drug-likeness (QED) is 0.876. The van der Waals surface area contributed by atoms with E-state index >= 15 is 0 Å². The normalized spacial score (nSPS) is 10.8. The molecule has 0 bridgehead atoms. The molecular weight excluding hydrogens is 277 g/mol. The molecule has 0 unspecified atom stereocenters. The number of hydrogen-bond donors (Lipinski definition) is 1. The van der Waals surface area contributed by atoms with Crippen molar-refractivity contribution in [2.45, 2.75) is 30.8 Å². The summed E-state index contributed by atoms with van der Waals surface area (Å²) in [6.45, 7) is 3.97. The van der Waals surface area contributed by atoms with E-state index < -0.39 is 5.82 Å². The first-order valence-electron chi connectivity index (χ1n) is 6.04. The highest BCUT2D eigenvalue weighted by Crippen LogP contribution is 2.26. The molecule has 0 radical (unpaired) electrons. The fourth-order valence-corrected chi connectivity index (χ4v) is 2.82. The number of anilines is 1. The van der Waals surface area contributed by atoms with Crippen molar-refractivity contribution in [2.24, 2.45) is 0 Å². The summed E-state index contributed by atoms with van der Waals surface area (Å²) in [4.78, 5) is 0. The fraction of sp³-hybridized carbons (Fsp3) is 0.308. The maximum Gasteiger partial charge on any atom is 0.222 e. The number of nitrogen functional groups attached to an aromatic ring is 1. The van der Waals surface area contributed by atoms with Crippen molar-refractivity contribution in [3.8, 4) is 6.07 Å². The van der Waals surface area contributed by atoms with E-state index in [0.29, 0.717) is 22.4 Å². The number of aromatic nitrogens is 3. The molecule has 0 saturated carbocycles. The van der Waals surface area contributed by atoms with Crippen LogP contribution in [0.5, 0.6) is 0 Å². The smallest absolute Gasteiger partial charge is 0.222 e. The summed E-state index contributed by atoms with van der Waals surface area (Å²) in [5.74, 6) is 0.445. The monoisotopic (exact) mass is 291 g/mol. The first-order valence-corrected chi connectivity index (χ1v) is 7.02. The van der Waals surface area contributed by atoms with Crippen LogP contribution in [0, 0.1) is 17.1 Å². The molecule has 0 aliphatic carbocycles. The number of halogens is 1. The van der Waals surface area contributed by atoms with Crippen LogP contribution in [-0.4, -0.2) is 14.8 Å². The Bertz CT molecular complexity index is 659. The number of hydrogen-bond acceptors (Lipinski definition) is 5. The maximum atomic E-state index is 13.3. The lowest BCUT2D eigenvalue weighted by Gasteiger charge is -2.11. The molecule has 2 N–H and O–H groups in total. The van der Waals surface area contributed by atoms with Gasteiger partial charge in [0.05, 0.1) is 11.6 Å². The van der Waals surface area contributed by atoms with Crippen LogP contribution in [0.3, 0.4) is 0 Å².